The summed E-state index contributed by atoms with van der Waals surface area (Å²) in [7, 11) is 0. The summed E-state index contributed by atoms with van der Waals surface area (Å²) >= 11 is 0. The monoisotopic (exact) mass is 255 g/mol. The molecule has 0 aromatic rings. The molecule has 0 saturated heterocycles. The molecule has 18 heavy (non-hydrogen) atoms. The van der Waals surface area contributed by atoms with E-state index in [1.165, 1.54) is 4.90 Å². The number of nitriles is 1. The van der Waals surface area contributed by atoms with Gasteiger partial charge < -0.3 is 15.3 Å². The topological polar surface area (TPSA) is 93.4 Å². The normalized spacial score (nSPS) is 13.2. The zero-order valence-electron chi connectivity index (χ0n) is 11.1. The Labute approximate surface area is 108 Å². The molecule has 0 heterocycles. The Balaban J connectivity index is 4.50. The third kappa shape index (κ3) is 5.53. The number of urea groups is 1. The molecule has 1 unspecified atom stereocenters. The first-order valence-corrected chi connectivity index (χ1v) is 6.14. The highest BCUT2D eigenvalue weighted by Gasteiger charge is 2.22. The maximum Gasteiger partial charge on any atom is 0.326 e. The van der Waals surface area contributed by atoms with Crippen LogP contribution < -0.4 is 5.32 Å². The fourth-order valence-corrected chi connectivity index (χ4v) is 1.51. The second-order valence-corrected chi connectivity index (χ2v) is 4.20. The number of nitrogens with zero attached hydrogens (tertiary/aromatic N) is 2. The average molecular weight is 255 g/mol. The van der Waals surface area contributed by atoms with Crippen LogP contribution in [0.25, 0.3) is 0 Å². The van der Waals surface area contributed by atoms with Gasteiger partial charge in [0.2, 0.25) is 0 Å². The Hall–Kier alpha value is -1.77. The molecule has 0 aliphatic heterocycles. The first kappa shape index (κ1) is 16.2. The van der Waals surface area contributed by atoms with E-state index in [9.17, 15) is 9.59 Å². The van der Waals surface area contributed by atoms with E-state index in [4.69, 9.17) is 10.4 Å². The highest BCUT2D eigenvalue weighted by Crippen LogP contribution is 2.02. The molecule has 0 aromatic heterocycles. The lowest BCUT2D eigenvalue weighted by molar-refractivity contribution is -0.139. The van der Waals surface area contributed by atoms with Crippen molar-refractivity contribution in [1.29, 1.82) is 5.26 Å². The molecule has 0 aliphatic carbocycles. The molecule has 0 rings (SSSR count). The number of hydrogen-bond acceptors (Lipinski definition) is 3. The predicted molar refractivity (Wildman–Crippen MR) is 66.9 cm³/mol. The maximum absolute atomic E-state index is 11.9. The molecular weight excluding hydrogens is 234 g/mol. The number of carbonyl (C=O) groups is 2. The summed E-state index contributed by atoms with van der Waals surface area (Å²) < 4.78 is 0. The van der Waals surface area contributed by atoms with Crippen molar-refractivity contribution in [1.82, 2.24) is 10.2 Å². The number of hydrogen-bond donors (Lipinski definition) is 2. The standard InChI is InChI=1S/C12H21N3O3/c1-4-6-10(11(16)17)14-12(18)15(5-2)8-9(3)7-13/h9-10H,4-6,8H2,1-3H3,(H,14,18)(H,16,17)/t9?,10-/m0/s1. The van der Waals surface area contributed by atoms with Crippen LogP contribution in [0.4, 0.5) is 4.79 Å². The number of amides is 2. The summed E-state index contributed by atoms with van der Waals surface area (Å²) in [5, 5.41) is 20.1. The summed E-state index contributed by atoms with van der Waals surface area (Å²) in [5.74, 6) is -1.31. The number of rotatable bonds is 7. The molecule has 0 bridgehead atoms. The van der Waals surface area contributed by atoms with E-state index in [0.29, 0.717) is 25.9 Å². The van der Waals surface area contributed by atoms with E-state index in [1.807, 2.05) is 13.0 Å². The summed E-state index contributed by atoms with van der Waals surface area (Å²) in [4.78, 5) is 24.2. The Morgan fingerprint density at radius 1 is 1.44 bits per heavy atom. The second-order valence-electron chi connectivity index (χ2n) is 4.20. The van der Waals surface area contributed by atoms with Crippen LogP contribution in [0.15, 0.2) is 0 Å². The Kier molecular flexibility index (Phi) is 7.52. The van der Waals surface area contributed by atoms with Gasteiger partial charge in [-0.3, -0.25) is 0 Å². The first-order chi connectivity index (χ1) is 8.46. The molecule has 2 atom stereocenters. The molecule has 0 saturated carbocycles. The lowest BCUT2D eigenvalue weighted by atomic mass is 10.1. The zero-order valence-corrected chi connectivity index (χ0v) is 11.1. The minimum Gasteiger partial charge on any atom is -0.480 e. The van der Waals surface area contributed by atoms with Gasteiger partial charge in [-0.25, -0.2) is 9.59 Å². The van der Waals surface area contributed by atoms with Gasteiger partial charge >= 0.3 is 12.0 Å². The molecule has 102 valence electrons. The van der Waals surface area contributed by atoms with Crippen LogP contribution in [-0.2, 0) is 4.79 Å². The minimum absolute atomic E-state index is 0.273. The van der Waals surface area contributed by atoms with E-state index in [2.05, 4.69) is 5.32 Å². The van der Waals surface area contributed by atoms with Gasteiger partial charge in [0, 0.05) is 13.1 Å². The quantitative estimate of drug-likeness (QED) is 0.719. The smallest absolute Gasteiger partial charge is 0.326 e. The van der Waals surface area contributed by atoms with Crippen molar-refractivity contribution >= 4 is 12.0 Å². The Bertz CT molecular complexity index is 325. The van der Waals surface area contributed by atoms with E-state index in [-0.39, 0.29) is 5.92 Å². The molecule has 0 spiro atoms. The second kappa shape index (κ2) is 8.34. The molecular formula is C12H21N3O3. The highest BCUT2D eigenvalue weighted by atomic mass is 16.4. The lowest BCUT2D eigenvalue weighted by Gasteiger charge is -2.24. The molecule has 0 radical (unpaired) electrons. The molecule has 0 aliphatic rings. The van der Waals surface area contributed by atoms with Crippen molar-refractivity contribution in [2.24, 2.45) is 5.92 Å². The van der Waals surface area contributed by atoms with Crippen LogP contribution in [0.5, 0.6) is 0 Å². The SMILES string of the molecule is CCC[C@H](NC(=O)N(CC)CC(C)C#N)C(=O)O. The third-order valence-electron chi connectivity index (χ3n) is 2.56. The molecule has 0 aromatic carbocycles. The number of carboxylic acid groups (broad SMARTS) is 1. The van der Waals surface area contributed by atoms with Crippen LogP contribution in [0, 0.1) is 17.2 Å². The van der Waals surface area contributed by atoms with Gasteiger partial charge in [-0.2, -0.15) is 5.26 Å². The van der Waals surface area contributed by atoms with Crippen molar-refractivity contribution in [3.8, 4) is 6.07 Å². The van der Waals surface area contributed by atoms with Crippen LogP contribution in [-0.4, -0.2) is 41.1 Å². The predicted octanol–water partition coefficient (Wildman–Crippen LogP) is 1.43. The first-order valence-electron chi connectivity index (χ1n) is 6.14. The van der Waals surface area contributed by atoms with Crippen molar-refractivity contribution in [3.63, 3.8) is 0 Å². The largest absolute Gasteiger partial charge is 0.480 e. The van der Waals surface area contributed by atoms with E-state index in [0.717, 1.165) is 0 Å². The highest BCUT2D eigenvalue weighted by molar-refractivity contribution is 5.82. The van der Waals surface area contributed by atoms with E-state index < -0.39 is 18.0 Å². The lowest BCUT2D eigenvalue weighted by Crippen LogP contribution is -2.48. The summed E-state index contributed by atoms with van der Waals surface area (Å²) in [6.45, 7) is 6.11. The van der Waals surface area contributed by atoms with Gasteiger partial charge in [0.25, 0.3) is 0 Å². The fraction of sp³-hybridized carbons (Fsp3) is 0.750. The minimum atomic E-state index is -1.03. The molecule has 0 fully saturated rings. The van der Waals surface area contributed by atoms with Crippen LogP contribution in [0.3, 0.4) is 0 Å². The number of carbonyl (C=O) groups excluding carboxylic acids is 1. The van der Waals surface area contributed by atoms with Gasteiger partial charge in [-0.1, -0.05) is 13.3 Å². The third-order valence-corrected chi connectivity index (χ3v) is 2.56. The summed E-state index contributed by atoms with van der Waals surface area (Å²) in [5.41, 5.74) is 0. The Morgan fingerprint density at radius 3 is 2.44 bits per heavy atom. The van der Waals surface area contributed by atoms with E-state index >= 15 is 0 Å². The number of aliphatic carboxylic acids is 1. The Morgan fingerprint density at radius 2 is 2.06 bits per heavy atom. The van der Waals surface area contributed by atoms with Gasteiger partial charge in [0.15, 0.2) is 0 Å². The fourth-order valence-electron chi connectivity index (χ4n) is 1.51. The van der Waals surface area contributed by atoms with Crippen molar-refractivity contribution in [2.45, 2.75) is 39.7 Å². The molecule has 6 heteroatoms. The maximum atomic E-state index is 11.9. The zero-order chi connectivity index (χ0) is 14.1. The summed E-state index contributed by atoms with van der Waals surface area (Å²) in [6, 6.07) is 0.751. The van der Waals surface area contributed by atoms with Crippen LogP contribution in [0.2, 0.25) is 0 Å². The molecule has 6 nitrogen and oxygen atoms in total. The number of carboxylic acids is 1. The van der Waals surface area contributed by atoms with Crippen LogP contribution in [0.1, 0.15) is 33.6 Å². The van der Waals surface area contributed by atoms with Gasteiger partial charge in [-0.05, 0) is 20.3 Å². The van der Waals surface area contributed by atoms with Crippen LogP contribution >= 0.6 is 0 Å². The van der Waals surface area contributed by atoms with Crippen molar-refractivity contribution < 1.29 is 14.7 Å². The van der Waals surface area contributed by atoms with Gasteiger partial charge in [0.1, 0.15) is 6.04 Å². The summed E-state index contributed by atoms with van der Waals surface area (Å²) in [6.07, 6.45) is 1.07. The molecule has 2 amide bonds. The molecule has 2 N–H and O–H groups in total. The van der Waals surface area contributed by atoms with E-state index in [1.54, 1.807) is 13.8 Å². The van der Waals surface area contributed by atoms with Gasteiger partial charge in [0.05, 0.1) is 12.0 Å². The van der Waals surface area contributed by atoms with Gasteiger partial charge in [-0.15, -0.1) is 0 Å². The van der Waals surface area contributed by atoms with Crippen molar-refractivity contribution in [2.75, 3.05) is 13.1 Å². The average Bonchev–Trinajstić information content (AvgIpc) is 2.34. The van der Waals surface area contributed by atoms with Crippen molar-refractivity contribution in [3.05, 3.63) is 0 Å². The number of nitrogens with one attached hydrogen (secondary N) is 1.